The molecule has 9 heteroatoms. The molecule has 1 aliphatic heterocycles. The van der Waals surface area contributed by atoms with Crippen LogP contribution in [-0.2, 0) is 15.9 Å². The standard InChI is InChI=1S/C24H26F3N3O3/c1-14-5-6-30-19(12-16-13-29(7-8-32-16)23(31)33-24(2,3)4)22(28-20(30)9-14)21-17(26)10-15(25)11-18(21)27/h5-6,9-11,16H,7-8,12-13H2,1-4H3/t16-/m0/s1. The van der Waals surface area contributed by atoms with E-state index in [0.717, 1.165) is 5.56 Å². The number of carbonyl (C=O) groups excluding carboxylic acids is 1. The number of hydrogen-bond donors (Lipinski definition) is 0. The van der Waals surface area contributed by atoms with Crippen LogP contribution in [0.25, 0.3) is 16.9 Å². The van der Waals surface area contributed by atoms with Crippen molar-refractivity contribution in [2.24, 2.45) is 0 Å². The molecule has 0 saturated carbocycles. The van der Waals surface area contributed by atoms with Crippen LogP contribution >= 0.6 is 0 Å². The number of benzene rings is 1. The maximum Gasteiger partial charge on any atom is 0.410 e. The Hall–Kier alpha value is -3.07. The second kappa shape index (κ2) is 8.70. The molecule has 2 aromatic heterocycles. The van der Waals surface area contributed by atoms with E-state index in [-0.39, 0.29) is 18.7 Å². The molecule has 0 unspecified atom stereocenters. The molecule has 4 rings (SSSR count). The lowest BCUT2D eigenvalue weighted by Crippen LogP contribution is -2.48. The number of ether oxygens (including phenoxy) is 2. The molecule has 0 spiro atoms. The summed E-state index contributed by atoms with van der Waals surface area (Å²) in [6, 6.07) is 4.92. The minimum Gasteiger partial charge on any atom is -0.444 e. The van der Waals surface area contributed by atoms with Gasteiger partial charge in [0.25, 0.3) is 0 Å². The first kappa shape index (κ1) is 23.1. The number of hydrogen-bond acceptors (Lipinski definition) is 4. The third-order valence-electron chi connectivity index (χ3n) is 5.34. The van der Waals surface area contributed by atoms with Gasteiger partial charge in [-0.25, -0.2) is 22.9 Å². The number of fused-ring (bicyclic) bond motifs is 1. The second-order valence-electron chi connectivity index (χ2n) is 9.21. The molecular weight excluding hydrogens is 435 g/mol. The van der Waals surface area contributed by atoms with Crippen molar-refractivity contribution < 1.29 is 27.4 Å². The largest absolute Gasteiger partial charge is 0.444 e. The third-order valence-corrected chi connectivity index (χ3v) is 5.34. The zero-order chi connectivity index (χ0) is 23.9. The molecule has 176 valence electrons. The second-order valence-corrected chi connectivity index (χ2v) is 9.21. The highest BCUT2D eigenvalue weighted by atomic mass is 19.1. The molecule has 1 saturated heterocycles. The Balaban J connectivity index is 1.70. The van der Waals surface area contributed by atoms with Crippen molar-refractivity contribution in [3.63, 3.8) is 0 Å². The van der Waals surface area contributed by atoms with Crippen LogP contribution in [-0.4, -0.2) is 51.8 Å². The fourth-order valence-corrected chi connectivity index (χ4v) is 3.91. The molecule has 0 aliphatic carbocycles. The van der Waals surface area contributed by atoms with E-state index in [0.29, 0.717) is 36.6 Å². The van der Waals surface area contributed by atoms with Crippen molar-refractivity contribution in [2.45, 2.75) is 45.8 Å². The van der Waals surface area contributed by atoms with Crippen LogP contribution in [0.2, 0.25) is 0 Å². The molecule has 1 fully saturated rings. The van der Waals surface area contributed by atoms with Gasteiger partial charge in [-0.05, 0) is 45.4 Å². The molecule has 3 aromatic rings. The van der Waals surface area contributed by atoms with Crippen LogP contribution in [0.5, 0.6) is 0 Å². The first-order chi connectivity index (χ1) is 15.5. The summed E-state index contributed by atoms with van der Waals surface area (Å²) in [7, 11) is 0. The van der Waals surface area contributed by atoms with Gasteiger partial charge in [-0.15, -0.1) is 0 Å². The monoisotopic (exact) mass is 461 g/mol. The zero-order valence-electron chi connectivity index (χ0n) is 19.0. The van der Waals surface area contributed by atoms with Gasteiger partial charge in [0.2, 0.25) is 0 Å². The fraction of sp³-hybridized carbons (Fsp3) is 0.417. The summed E-state index contributed by atoms with van der Waals surface area (Å²) in [6.45, 7) is 8.20. The van der Waals surface area contributed by atoms with Crippen LogP contribution in [0.3, 0.4) is 0 Å². The number of imidazole rings is 1. The van der Waals surface area contributed by atoms with Crippen LogP contribution in [0.1, 0.15) is 32.0 Å². The number of rotatable bonds is 3. The lowest BCUT2D eigenvalue weighted by molar-refractivity contribution is -0.0418. The van der Waals surface area contributed by atoms with Gasteiger partial charge < -0.3 is 18.8 Å². The van der Waals surface area contributed by atoms with E-state index in [1.165, 1.54) is 0 Å². The predicted molar refractivity (Wildman–Crippen MR) is 116 cm³/mol. The number of halogens is 3. The zero-order valence-corrected chi connectivity index (χ0v) is 19.0. The van der Waals surface area contributed by atoms with Crippen molar-refractivity contribution >= 4 is 11.7 Å². The van der Waals surface area contributed by atoms with Gasteiger partial charge in [-0.2, -0.15) is 0 Å². The molecule has 0 N–H and O–H groups in total. The van der Waals surface area contributed by atoms with Crippen LogP contribution in [0, 0.1) is 24.4 Å². The normalized spacial score (nSPS) is 16.9. The summed E-state index contributed by atoms with van der Waals surface area (Å²) in [4.78, 5) is 18.5. The highest BCUT2D eigenvalue weighted by Crippen LogP contribution is 2.32. The summed E-state index contributed by atoms with van der Waals surface area (Å²) >= 11 is 0. The van der Waals surface area contributed by atoms with Gasteiger partial charge in [0.05, 0.1) is 36.2 Å². The van der Waals surface area contributed by atoms with E-state index >= 15 is 0 Å². The minimum absolute atomic E-state index is 0.0774. The Morgan fingerprint density at radius 1 is 1.21 bits per heavy atom. The highest BCUT2D eigenvalue weighted by molar-refractivity contribution is 5.69. The van der Waals surface area contributed by atoms with Gasteiger partial charge in [0.15, 0.2) is 0 Å². The van der Waals surface area contributed by atoms with Crippen molar-refractivity contribution in [2.75, 3.05) is 19.7 Å². The van der Waals surface area contributed by atoms with E-state index < -0.39 is 40.8 Å². The Bertz CT molecular complexity index is 1180. The van der Waals surface area contributed by atoms with Crippen LogP contribution in [0.15, 0.2) is 30.5 Å². The lowest BCUT2D eigenvalue weighted by Gasteiger charge is -2.34. The van der Waals surface area contributed by atoms with Gasteiger partial charge in [-0.1, -0.05) is 0 Å². The summed E-state index contributed by atoms with van der Waals surface area (Å²) in [5, 5.41) is 0. The van der Waals surface area contributed by atoms with E-state index in [9.17, 15) is 18.0 Å². The Morgan fingerprint density at radius 2 is 1.91 bits per heavy atom. The molecule has 0 radical (unpaired) electrons. The predicted octanol–water partition coefficient (Wildman–Crippen LogP) is 4.91. The first-order valence-electron chi connectivity index (χ1n) is 10.7. The fourth-order valence-electron chi connectivity index (χ4n) is 3.91. The number of aromatic nitrogens is 2. The molecule has 33 heavy (non-hydrogen) atoms. The van der Waals surface area contributed by atoms with Crippen molar-refractivity contribution in [3.8, 4) is 11.3 Å². The van der Waals surface area contributed by atoms with Gasteiger partial charge in [0, 0.05) is 31.3 Å². The molecule has 1 aliphatic rings. The summed E-state index contributed by atoms with van der Waals surface area (Å²) in [5.41, 5.74) is 0.986. The lowest BCUT2D eigenvalue weighted by atomic mass is 10.0. The van der Waals surface area contributed by atoms with E-state index in [2.05, 4.69) is 4.98 Å². The Kier molecular flexibility index (Phi) is 6.09. The van der Waals surface area contributed by atoms with Crippen molar-refractivity contribution in [1.29, 1.82) is 0 Å². The van der Waals surface area contributed by atoms with Crippen molar-refractivity contribution in [1.82, 2.24) is 14.3 Å². The highest BCUT2D eigenvalue weighted by Gasteiger charge is 2.30. The van der Waals surface area contributed by atoms with E-state index in [4.69, 9.17) is 9.47 Å². The summed E-state index contributed by atoms with van der Waals surface area (Å²) in [5.74, 6) is -3.07. The smallest absolute Gasteiger partial charge is 0.410 e. The SMILES string of the molecule is Cc1ccn2c(C[C@H]3CN(C(=O)OC(C)(C)C)CCO3)c(-c3c(F)cc(F)cc3F)nc2c1. The number of aryl methyl sites for hydroxylation is 1. The number of amides is 1. The average Bonchev–Trinajstić information content (AvgIpc) is 3.03. The quantitative estimate of drug-likeness (QED) is 0.557. The summed E-state index contributed by atoms with van der Waals surface area (Å²) < 4.78 is 55.9. The van der Waals surface area contributed by atoms with Gasteiger partial charge in [-0.3, -0.25) is 0 Å². The Morgan fingerprint density at radius 3 is 2.58 bits per heavy atom. The first-order valence-corrected chi connectivity index (χ1v) is 10.7. The molecular formula is C24H26F3N3O3. The molecule has 1 amide bonds. The maximum absolute atomic E-state index is 14.7. The van der Waals surface area contributed by atoms with E-state index in [1.54, 1.807) is 42.3 Å². The maximum atomic E-state index is 14.7. The Labute approximate surface area is 189 Å². The molecule has 0 bridgehead atoms. The number of pyridine rings is 1. The third kappa shape index (κ3) is 4.98. The van der Waals surface area contributed by atoms with E-state index in [1.807, 2.05) is 13.0 Å². The number of nitrogens with zero attached hydrogens (tertiary/aromatic N) is 3. The number of morpholine rings is 1. The molecule has 1 atom stereocenters. The number of carbonyl (C=O) groups is 1. The van der Waals surface area contributed by atoms with Crippen molar-refractivity contribution in [3.05, 3.63) is 59.2 Å². The minimum atomic E-state index is -1.03. The van der Waals surface area contributed by atoms with Gasteiger partial charge in [0.1, 0.15) is 28.7 Å². The van der Waals surface area contributed by atoms with Crippen LogP contribution < -0.4 is 0 Å². The molecule has 1 aromatic carbocycles. The molecule has 3 heterocycles. The van der Waals surface area contributed by atoms with Crippen LogP contribution in [0.4, 0.5) is 18.0 Å². The molecule has 6 nitrogen and oxygen atoms in total. The van der Waals surface area contributed by atoms with Gasteiger partial charge >= 0.3 is 6.09 Å². The summed E-state index contributed by atoms with van der Waals surface area (Å²) in [6.07, 6.45) is 1.11. The topological polar surface area (TPSA) is 56.1 Å². The average molecular weight is 461 g/mol.